The molecule has 0 bridgehead atoms. The number of nitrogens with zero attached hydrogens (tertiary/aromatic N) is 3. The molecule has 0 amide bonds. The molecule has 0 saturated carbocycles. The Morgan fingerprint density at radius 2 is 2.25 bits per heavy atom. The van der Waals surface area contributed by atoms with Crippen LogP contribution in [0, 0.1) is 0 Å². The second-order valence-electron chi connectivity index (χ2n) is 2.04. The molecular formula is C5H6N6S. The first-order chi connectivity index (χ1) is 5.86. The van der Waals surface area contributed by atoms with Crippen LogP contribution in [0.15, 0.2) is 22.6 Å². The third-order valence-electron chi connectivity index (χ3n) is 1.23. The third-order valence-corrected chi connectivity index (χ3v) is 2.17. The molecule has 0 radical (unpaired) electrons. The summed E-state index contributed by atoms with van der Waals surface area (Å²) in [5, 5.41) is 13.5. The lowest BCUT2D eigenvalue weighted by Gasteiger charge is -1.91. The van der Waals surface area contributed by atoms with E-state index >= 15 is 0 Å². The second kappa shape index (κ2) is 2.86. The predicted molar refractivity (Wildman–Crippen MR) is 43.5 cm³/mol. The van der Waals surface area contributed by atoms with Crippen LogP contribution in [0.1, 0.15) is 0 Å². The van der Waals surface area contributed by atoms with E-state index < -0.39 is 0 Å². The van der Waals surface area contributed by atoms with Gasteiger partial charge in [-0.3, -0.25) is 10.2 Å². The topological polar surface area (TPSA) is 96.3 Å². The Morgan fingerprint density at radius 3 is 2.83 bits per heavy atom. The molecule has 4 N–H and O–H groups in total. The lowest BCUT2D eigenvalue weighted by Crippen LogP contribution is -1.86. The average molecular weight is 182 g/mol. The minimum absolute atomic E-state index is 0.538. The summed E-state index contributed by atoms with van der Waals surface area (Å²) in [5.41, 5.74) is 5.56. The molecule has 0 unspecified atom stereocenters. The van der Waals surface area contributed by atoms with Gasteiger partial charge in [0, 0.05) is 0 Å². The van der Waals surface area contributed by atoms with E-state index in [4.69, 9.17) is 5.73 Å². The van der Waals surface area contributed by atoms with Gasteiger partial charge >= 0.3 is 0 Å². The van der Waals surface area contributed by atoms with Crippen molar-refractivity contribution in [2.75, 3.05) is 5.73 Å². The first-order valence-corrected chi connectivity index (χ1v) is 4.00. The van der Waals surface area contributed by atoms with Crippen LogP contribution >= 0.6 is 11.8 Å². The Kier molecular flexibility index (Phi) is 1.71. The molecule has 0 saturated heterocycles. The summed E-state index contributed by atoms with van der Waals surface area (Å²) in [4.78, 5) is 4.77. The summed E-state index contributed by atoms with van der Waals surface area (Å²) in [6, 6.07) is 0. The van der Waals surface area contributed by atoms with Crippen LogP contribution in [-0.4, -0.2) is 25.4 Å². The Labute approximate surface area is 72.0 Å². The molecule has 0 fully saturated rings. The molecule has 6 nitrogen and oxygen atoms in total. The van der Waals surface area contributed by atoms with Gasteiger partial charge in [0.05, 0.1) is 11.1 Å². The monoisotopic (exact) mass is 182 g/mol. The molecule has 7 heteroatoms. The number of H-pyrrole nitrogens is 2. The van der Waals surface area contributed by atoms with Crippen molar-refractivity contribution in [3.05, 3.63) is 12.5 Å². The van der Waals surface area contributed by atoms with Crippen molar-refractivity contribution in [2.24, 2.45) is 0 Å². The van der Waals surface area contributed by atoms with Crippen LogP contribution in [-0.2, 0) is 0 Å². The molecule has 0 atom stereocenters. The van der Waals surface area contributed by atoms with E-state index in [9.17, 15) is 0 Å². The minimum atomic E-state index is 0.538. The van der Waals surface area contributed by atoms with Crippen molar-refractivity contribution >= 4 is 17.6 Å². The van der Waals surface area contributed by atoms with Gasteiger partial charge in [-0.15, -0.1) is 0 Å². The average Bonchev–Trinajstić information content (AvgIpc) is 2.65. The molecule has 0 spiro atoms. The number of nitrogens with two attached hydrogens (primary N) is 1. The highest BCUT2D eigenvalue weighted by Gasteiger charge is 2.04. The molecule has 2 rings (SSSR count). The lowest BCUT2D eigenvalue weighted by atomic mass is 10.7. The van der Waals surface area contributed by atoms with E-state index in [1.54, 1.807) is 6.20 Å². The van der Waals surface area contributed by atoms with Crippen LogP contribution in [0.5, 0.6) is 0 Å². The molecule has 2 aromatic rings. The van der Waals surface area contributed by atoms with Gasteiger partial charge in [0.15, 0.2) is 5.16 Å². The number of anilines is 1. The van der Waals surface area contributed by atoms with Crippen molar-refractivity contribution in [1.29, 1.82) is 0 Å². The number of hydrogen-bond acceptors (Lipinski definition) is 5. The smallest absolute Gasteiger partial charge is 0.188 e. The summed E-state index contributed by atoms with van der Waals surface area (Å²) in [6.45, 7) is 0. The zero-order valence-electron chi connectivity index (χ0n) is 5.98. The van der Waals surface area contributed by atoms with Crippen LogP contribution in [0.2, 0.25) is 0 Å². The Bertz CT molecular complexity index is 352. The maximum absolute atomic E-state index is 5.56. The molecular weight excluding hydrogens is 176 g/mol. The number of rotatable bonds is 2. The van der Waals surface area contributed by atoms with E-state index in [2.05, 4.69) is 25.4 Å². The van der Waals surface area contributed by atoms with Crippen molar-refractivity contribution < 1.29 is 0 Å². The molecule has 0 aromatic carbocycles. The van der Waals surface area contributed by atoms with Crippen LogP contribution in [0.25, 0.3) is 0 Å². The summed E-state index contributed by atoms with van der Waals surface area (Å²) in [7, 11) is 0. The fourth-order valence-electron chi connectivity index (χ4n) is 0.714. The molecule has 0 aliphatic heterocycles. The fraction of sp³-hybridized carbons (Fsp3) is 0. The van der Waals surface area contributed by atoms with E-state index in [0.717, 1.165) is 4.90 Å². The summed E-state index contributed by atoms with van der Waals surface area (Å²) in [6.07, 6.45) is 3.08. The first-order valence-electron chi connectivity index (χ1n) is 3.18. The quantitative estimate of drug-likeness (QED) is 0.619. The summed E-state index contributed by atoms with van der Waals surface area (Å²) < 4.78 is 0. The largest absolute Gasteiger partial charge is 0.383 e. The van der Waals surface area contributed by atoms with Crippen LogP contribution in [0.4, 0.5) is 5.82 Å². The second-order valence-corrected chi connectivity index (χ2v) is 3.07. The molecule has 12 heavy (non-hydrogen) atoms. The van der Waals surface area contributed by atoms with Gasteiger partial charge in [-0.25, -0.2) is 4.98 Å². The normalized spacial score (nSPS) is 10.3. The van der Waals surface area contributed by atoms with Gasteiger partial charge in [-0.1, -0.05) is 0 Å². The number of nitrogens with one attached hydrogen (secondary N) is 2. The van der Waals surface area contributed by atoms with Crippen LogP contribution < -0.4 is 5.73 Å². The highest BCUT2D eigenvalue weighted by atomic mass is 32.2. The number of hydrogen-bond donors (Lipinski definition) is 3. The first kappa shape index (κ1) is 7.17. The summed E-state index contributed by atoms with van der Waals surface area (Å²) >= 11 is 1.38. The zero-order chi connectivity index (χ0) is 8.39. The maximum atomic E-state index is 5.56. The van der Waals surface area contributed by atoms with Crippen molar-refractivity contribution in [1.82, 2.24) is 25.4 Å². The van der Waals surface area contributed by atoms with Gasteiger partial charge in [-0.2, -0.15) is 10.2 Å². The Morgan fingerprint density at radius 1 is 1.33 bits per heavy atom. The SMILES string of the molecule is Nc1[nH]ncc1Sc1ncn[nH]1. The highest BCUT2D eigenvalue weighted by molar-refractivity contribution is 7.99. The van der Waals surface area contributed by atoms with E-state index in [-0.39, 0.29) is 0 Å². The van der Waals surface area contributed by atoms with Gasteiger partial charge < -0.3 is 5.73 Å². The van der Waals surface area contributed by atoms with E-state index in [1.165, 1.54) is 18.1 Å². The third kappa shape index (κ3) is 1.26. The predicted octanol–water partition coefficient (Wildman–Crippen LogP) is 0.261. The van der Waals surface area contributed by atoms with Crippen molar-refractivity contribution in [3.8, 4) is 0 Å². The maximum Gasteiger partial charge on any atom is 0.188 e. The van der Waals surface area contributed by atoms with Gasteiger partial charge in [-0.05, 0) is 11.8 Å². The van der Waals surface area contributed by atoms with E-state index in [1.807, 2.05) is 0 Å². The molecule has 2 aromatic heterocycles. The zero-order valence-corrected chi connectivity index (χ0v) is 6.80. The standard InChI is InChI=1S/C5H6N6S/c6-4-3(1-8-10-4)12-5-7-2-9-11-5/h1-2H,(H3,6,8,10)(H,7,9,11). The highest BCUT2D eigenvalue weighted by Crippen LogP contribution is 2.26. The molecule has 62 valence electrons. The Balaban J connectivity index is 2.20. The fourth-order valence-corrected chi connectivity index (χ4v) is 1.38. The summed E-state index contributed by atoms with van der Waals surface area (Å²) in [5.74, 6) is 0.538. The van der Waals surface area contributed by atoms with E-state index in [0.29, 0.717) is 11.0 Å². The van der Waals surface area contributed by atoms with Gasteiger partial charge in [0.25, 0.3) is 0 Å². The van der Waals surface area contributed by atoms with Crippen molar-refractivity contribution in [2.45, 2.75) is 10.1 Å². The minimum Gasteiger partial charge on any atom is -0.383 e. The van der Waals surface area contributed by atoms with Crippen LogP contribution in [0.3, 0.4) is 0 Å². The molecule has 0 aliphatic rings. The molecule has 2 heterocycles. The lowest BCUT2D eigenvalue weighted by molar-refractivity contribution is 0.973. The molecule has 0 aliphatic carbocycles. The van der Waals surface area contributed by atoms with Crippen molar-refractivity contribution in [3.63, 3.8) is 0 Å². The number of nitrogen functional groups attached to an aromatic ring is 1. The van der Waals surface area contributed by atoms with Gasteiger partial charge in [0.2, 0.25) is 0 Å². The Hall–Kier alpha value is -1.50. The number of aromatic nitrogens is 5. The number of aromatic amines is 2. The van der Waals surface area contributed by atoms with Gasteiger partial charge in [0.1, 0.15) is 12.1 Å².